The predicted molar refractivity (Wildman–Crippen MR) is 109 cm³/mol. The lowest BCUT2D eigenvalue weighted by atomic mass is 10.0. The van der Waals surface area contributed by atoms with E-state index in [1.54, 1.807) is 0 Å². The zero-order valence-electron chi connectivity index (χ0n) is 16.8. The Morgan fingerprint density at radius 2 is 1.97 bits per heavy atom. The highest BCUT2D eigenvalue weighted by atomic mass is 32.2. The van der Waals surface area contributed by atoms with Gasteiger partial charge in [-0.25, -0.2) is 17.5 Å². The molecule has 8 nitrogen and oxygen atoms in total. The van der Waals surface area contributed by atoms with Crippen LogP contribution in [0.2, 0.25) is 0 Å². The normalized spacial score (nSPS) is 18.2. The van der Waals surface area contributed by atoms with Gasteiger partial charge in [-0.2, -0.15) is 10.2 Å². The van der Waals surface area contributed by atoms with Crippen molar-refractivity contribution in [2.24, 2.45) is 10.2 Å². The summed E-state index contributed by atoms with van der Waals surface area (Å²) in [5.74, 6) is 2.07. The van der Waals surface area contributed by atoms with Crippen molar-refractivity contribution >= 4 is 15.9 Å². The number of terminal acetylenes is 1. The molecule has 0 aromatic heterocycles. The molecule has 2 aliphatic rings. The van der Waals surface area contributed by atoms with Crippen LogP contribution in [0.1, 0.15) is 25.7 Å². The van der Waals surface area contributed by atoms with Crippen LogP contribution in [0.15, 0.2) is 39.4 Å². The summed E-state index contributed by atoms with van der Waals surface area (Å²) in [5.41, 5.74) is -0.442. The first kappa shape index (κ1) is 22.3. The van der Waals surface area contributed by atoms with Crippen LogP contribution in [0.4, 0.5) is 4.39 Å². The van der Waals surface area contributed by atoms with E-state index in [1.807, 2.05) is 4.90 Å². The van der Waals surface area contributed by atoms with Gasteiger partial charge >= 0.3 is 0 Å². The third-order valence-corrected chi connectivity index (χ3v) is 6.80. The minimum Gasteiger partial charge on any atom is -0.340 e. The molecule has 1 aromatic carbocycles. The van der Waals surface area contributed by atoms with E-state index in [0.29, 0.717) is 58.4 Å². The Kier molecular flexibility index (Phi) is 7.18. The minimum atomic E-state index is -3.74. The molecule has 162 valence electrons. The molecule has 0 saturated carbocycles. The van der Waals surface area contributed by atoms with E-state index in [0.717, 1.165) is 6.07 Å². The fourth-order valence-electron chi connectivity index (χ4n) is 3.41. The van der Waals surface area contributed by atoms with E-state index in [1.165, 1.54) is 18.2 Å². The number of hydrogen-bond acceptors (Lipinski definition) is 6. The van der Waals surface area contributed by atoms with Gasteiger partial charge in [0.15, 0.2) is 5.66 Å². The average molecular weight is 436 g/mol. The number of nitrogens with one attached hydrogen (secondary N) is 1. The van der Waals surface area contributed by atoms with Crippen molar-refractivity contribution in [2.45, 2.75) is 36.2 Å². The lowest BCUT2D eigenvalue weighted by Crippen LogP contribution is -2.50. The molecular weight excluding hydrogens is 409 g/mol. The van der Waals surface area contributed by atoms with E-state index in [2.05, 4.69) is 25.8 Å². The molecule has 0 atom stereocenters. The van der Waals surface area contributed by atoms with Gasteiger partial charge in [0.25, 0.3) is 0 Å². The van der Waals surface area contributed by atoms with Gasteiger partial charge in [0, 0.05) is 65.0 Å². The van der Waals surface area contributed by atoms with E-state index in [-0.39, 0.29) is 17.3 Å². The maximum atomic E-state index is 13.2. The first-order valence-electron chi connectivity index (χ1n) is 9.96. The Bertz CT molecular complexity index is 930. The first-order valence-corrected chi connectivity index (χ1v) is 11.4. The quantitative estimate of drug-likeness (QED) is 0.565. The predicted octanol–water partition coefficient (Wildman–Crippen LogP) is 1.60. The summed E-state index contributed by atoms with van der Waals surface area (Å²) in [6.07, 6.45) is 7.55. The fourth-order valence-corrected chi connectivity index (χ4v) is 4.46. The molecule has 0 unspecified atom stereocenters. The molecule has 0 radical (unpaired) electrons. The van der Waals surface area contributed by atoms with Crippen LogP contribution in [0.5, 0.6) is 0 Å². The minimum absolute atomic E-state index is 0.0823. The summed E-state index contributed by atoms with van der Waals surface area (Å²) in [7, 11) is -3.74. The number of amides is 1. The summed E-state index contributed by atoms with van der Waals surface area (Å²) in [6, 6.07) is 4.91. The third-order valence-electron chi connectivity index (χ3n) is 5.34. The lowest BCUT2D eigenvalue weighted by molar-refractivity contribution is -0.133. The standard InChI is InChI=1S/C20H26FN5O3S/c1-2-3-8-20(23-24-20)9-7-19(27)26-14-12-25(13-15-26)11-10-22-30(28,29)18-6-4-5-17(21)16-18/h1,4-6,16,22H,3,7-15H2. The molecule has 1 N–H and O–H groups in total. The maximum absolute atomic E-state index is 13.2. The van der Waals surface area contributed by atoms with Crippen molar-refractivity contribution in [3.8, 4) is 12.3 Å². The Labute approximate surface area is 176 Å². The molecular formula is C20H26FN5O3S. The van der Waals surface area contributed by atoms with Gasteiger partial charge in [-0.3, -0.25) is 9.69 Å². The summed E-state index contributed by atoms with van der Waals surface area (Å²) in [6.45, 7) is 3.27. The monoisotopic (exact) mass is 435 g/mol. The molecule has 0 bridgehead atoms. The van der Waals surface area contributed by atoms with Gasteiger partial charge in [0.1, 0.15) is 5.82 Å². The second-order valence-corrected chi connectivity index (χ2v) is 9.23. The summed E-state index contributed by atoms with van der Waals surface area (Å²) < 4.78 is 40.2. The van der Waals surface area contributed by atoms with Gasteiger partial charge in [-0.15, -0.1) is 12.3 Å². The maximum Gasteiger partial charge on any atom is 0.240 e. The number of hydrogen-bond donors (Lipinski definition) is 1. The number of benzene rings is 1. The van der Waals surface area contributed by atoms with Crippen LogP contribution >= 0.6 is 0 Å². The highest BCUT2D eigenvalue weighted by Gasteiger charge is 2.39. The molecule has 3 rings (SSSR count). The van der Waals surface area contributed by atoms with Gasteiger partial charge in [0.05, 0.1) is 4.90 Å². The van der Waals surface area contributed by atoms with Gasteiger partial charge in [-0.05, 0) is 18.2 Å². The summed E-state index contributed by atoms with van der Waals surface area (Å²) in [4.78, 5) is 16.3. The molecule has 2 aliphatic heterocycles. The molecule has 1 saturated heterocycles. The van der Waals surface area contributed by atoms with Crippen LogP contribution in [0.3, 0.4) is 0 Å². The Morgan fingerprint density at radius 3 is 2.60 bits per heavy atom. The van der Waals surface area contributed by atoms with Gasteiger partial charge in [-0.1, -0.05) is 6.07 Å². The summed E-state index contributed by atoms with van der Waals surface area (Å²) in [5, 5.41) is 8.11. The SMILES string of the molecule is C#CCCC1(CCC(=O)N2CCN(CCNS(=O)(=O)c3cccc(F)c3)CC2)N=N1. The van der Waals surface area contributed by atoms with Crippen LogP contribution in [-0.2, 0) is 14.8 Å². The van der Waals surface area contributed by atoms with Gasteiger partial charge in [0.2, 0.25) is 15.9 Å². The van der Waals surface area contributed by atoms with Crippen molar-refractivity contribution in [3.05, 3.63) is 30.1 Å². The second kappa shape index (κ2) is 9.64. The van der Waals surface area contributed by atoms with E-state index in [4.69, 9.17) is 6.42 Å². The summed E-state index contributed by atoms with van der Waals surface area (Å²) >= 11 is 0. The molecule has 0 aliphatic carbocycles. The lowest BCUT2D eigenvalue weighted by Gasteiger charge is -2.35. The zero-order chi connectivity index (χ0) is 21.6. The largest absolute Gasteiger partial charge is 0.340 e. The van der Waals surface area contributed by atoms with Crippen molar-refractivity contribution in [2.75, 3.05) is 39.3 Å². The average Bonchev–Trinajstić information content (AvgIpc) is 3.51. The Morgan fingerprint density at radius 1 is 1.23 bits per heavy atom. The molecule has 10 heteroatoms. The van der Waals surface area contributed by atoms with Crippen molar-refractivity contribution in [1.82, 2.24) is 14.5 Å². The highest BCUT2D eigenvalue weighted by molar-refractivity contribution is 7.89. The molecule has 0 spiro atoms. The zero-order valence-corrected chi connectivity index (χ0v) is 17.6. The molecule has 2 heterocycles. The van der Waals surface area contributed by atoms with Crippen LogP contribution < -0.4 is 4.72 Å². The number of halogens is 1. The second-order valence-electron chi connectivity index (χ2n) is 7.46. The number of carbonyl (C=O) groups is 1. The van der Waals surface area contributed by atoms with Crippen LogP contribution in [-0.4, -0.2) is 69.1 Å². The number of rotatable bonds is 10. The molecule has 1 aromatic rings. The van der Waals surface area contributed by atoms with Crippen molar-refractivity contribution < 1.29 is 17.6 Å². The number of piperazine rings is 1. The molecule has 30 heavy (non-hydrogen) atoms. The number of carbonyl (C=O) groups excluding carboxylic acids is 1. The fraction of sp³-hybridized carbons (Fsp3) is 0.550. The van der Waals surface area contributed by atoms with E-state index < -0.39 is 21.5 Å². The van der Waals surface area contributed by atoms with E-state index in [9.17, 15) is 17.6 Å². The van der Waals surface area contributed by atoms with Crippen molar-refractivity contribution in [3.63, 3.8) is 0 Å². The number of nitrogens with zero attached hydrogens (tertiary/aromatic N) is 4. The smallest absolute Gasteiger partial charge is 0.240 e. The van der Waals surface area contributed by atoms with Crippen LogP contribution in [0.25, 0.3) is 0 Å². The third kappa shape index (κ3) is 6.08. The van der Waals surface area contributed by atoms with E-state index >= 15 is 0 Å². The molecule has 1 fully saturated rings. The van der Waals surface area contributed by atoms with Gasteiger partial charge < -0.3 is 4.90 Å². The Hall–Kier alpha value is -2.35. The number of sulfonamides is 1. The highest BCUT2D eigenvalue weighted by Crippen LogP contribution is 2.37. The molecule has 1 amide bonds. The van der Waals surface area contributed by atoms with Crippen molar-refractivity contribution in [1.29, 1.82) is 0 Å². The topological polar surface area (TPSA) is 94.4 Å². The Balaban J connectivity index is 1.35. The van der Waals surface area contributed by atoms with Crippen LogP contribution in [0, 0.1) is 18.2 Å². The first-order chi connectivity index (χ1) is 14.3.